The number of methoxy groups -OCH3 is 1. The van der Waals surface area contributed by atoms with Gasteiger partial charge in [-0.1, -0.05) is 29.8 Å². The second-order valence-corrected chi connectivity index (χ2v) is 5.17. The fourth-order valence-corrected chi connectivity index (χ4v) is 2.16. The summed E-state index contributed by atoms with van der Waals surface area (Å²) in [5, 5.41) is 3.26. The van der Waals surface area contributed by atoms with Crippen molar-refractivity contribution in [1.82, 2.24) is 5.32 Å². The molecule has 4 nitrogen and oxygen atoms in total. The Morgan fingerprint density at radius 1 is 0.952 bits per heavy atom. The van der Waals surface area contributed by atoms with E-state index in [1.54, 1.807) is 7.11 Å². The van der Waals surface area contributed by atoms with Crippen molar-refractivity contribution in [2.75, 3.05) is 53.7 Å². The molecule has 120 valence electrons. The van der Waals surface area contributed by atoms with Gasteiger partial charge >= 0.3 is 0 Å². The summed E-state index contributed by atoms with van der Waals surface area (Å²) >= 11 is 0. The van der Waals surface area contributed by atoms with Crippen LogP contribution in [0.3, 0.4) is 0 Å². The van der Waals surface area contributed by atoms with Crippen LogP contribution in [0.15, 0.2) is 24.3 Å². The van der Waals surface area contributed by atoms with Gasteiger partial charge in [-0.2, -0.15) is 0 Å². The number of benzene rings is 1. The van der Waals surface area contributed by atoms with Crippen LogP contribution < -0.4 is 5.32 Å². The average molecular weight is 295 g/mol. The molecule has 0 aromatic heterocycles. The highest BCUT2D eigenvalue weighted by atomic mass is 16.5. The van der Waals surface area contributed by atoms with Crippen molar-refractivity contribution in [2.45, 2.75) is 19.3 Å². The first kappa shape index (κ1) is 18.1. The highest BCUT2D eigenvalue weighted by Crippen LogP contribution is 2.19. The van der Waals surface area contributed by atoms with Crippen LogP contribution in [0.5, 0.6) is 0 Å². The fraction of sp³-hybridized carbons (Fsp3) is 0.647. The molecule has 4 heteroatoms. The minimum absolute atomic E-state index is 0.491. The second-order valence-electron chi connectivity index (χ2n) is 5.17. The molecule has 0 spiro atoms. The van der Waals surface area contributed by atoms with E-state index in [0.29, 0.717) is 32.3 Å². The molecule has 1 N–H and O–H groups in total. The van der Waals surface area contributed by atoms with E-state index >= 15 is 0 Å². The lowest BCUT2D eigenvalue weighted by molar-refractivity contribution is 0.0233. The van der Waals surface area contributed by atoms with Gasteiger partial charge in [0, 0.05) is 20.3 Å². The van der Waals surface area contributed by atoms with Gasteiger partial charge in [0.25, 0.3) is 0 Å². The van der Waals surface area contributed by atoms with Crippen LogP contribution in [-0.4, -0.2) is 53.7 Å². The number of hydrogen-bond acceptors (Lipinski definition) is 4. The van der Waals surface area contributed by atoms with E-state index in [1.807, 2.05) is 7.05 Å². The van der Waals surface area contributed by atoms with Gasteiger partial charge in [0.05, 0.1) is 26.4 Å². The van der Waals surface area contributed by atoms with Gasteiger partial charge in [0.2, 0.25) is 0 Å². The molecule has 1 rings (SSSR count). The quantitative estimate of drug-likeness (QED) is 0.601. The number of ether oxygens (including phenoxy) is 3. The monoisotopic (exact) mass is 295 g/mol. The predicted octanol–water partition coefficient (Wildman–Crippen LogP) is 2.37. The summed E-state index contributed by atoms with van der Waals surface area (Å²) in [6.45, 7) is 6.38. The summed E-state index contributed by atoms with van der Waals surface area (Å²) in [5.41, 5.74) is 2.67. The zero-order valence-corrected chi connectivity index (χ0v) is 13.6. The summed E-state index contributed by atoms with van der Waals surface area (Å²) in [6, 6.07) is 8.77. The molecule has 0 aliphatic carbocycles. The topological polar surface area (TPSA) is 39.7 Å². The predicted molar refractivity (Wildman–Crippen MR) is 86.0 cm³/mol. The smallest absolute Gasteiger partial charge is 0.0701 e. The zero-order chi connectivity index (χ0) is 15.3. The number of aryl methyl sites for hydroxylation is 1. The van der Waals surface area contributed by atoms with Crippen molar-refractivity contribution in [3.8, 4) is 0 Å². The van der Waals surface area contributed by atoms with E-state index in [9.17, 15) is 0 Å². The van der Waals surface area contributed by atoms with Crippen LogP contribution in [0.1, 0.15) is 23.5 Å². The van der Waals surface area contributed by atoms with E-state index in [1.165, 1.54) is 11.1 Å². The molecular weight excluding hydrogens is 266 g/mol. The highest BCUT2D eigenvalue weighted by molar-refractivity contribution is 5.24. The van der Waals surface area contributed by atoms with Crippen molar-refractivity contribution >= 4 is 0 Å². The number of hydrogen-bond donors (Lipinski definition) is 1. The molecule has 0 amide bonds. The SMILES string of the molecule is CNCC(CCOCCOCCOC)c1ccc(C)cc1. The Morgan fingerprint density at radius 2 is 1.57 bits per heavy atom. The third kappa shape index (κ3) is 8.17. The molecule has 0 aliphatic heterocycles. The van der Waals surface area contributed by atoms with Gasteiger partial charge in [-0.3, -0.25) is 0 Å². The Bertz CT molecular complexity index is 354. The minimum atomic E-state index is 0.491. The van der Waals surface area contributed by atoms with Crippen molar-refractivity contribution in [3.05, 3.63) is 35.4 Å². The van der Waals surface area contributed by atoms with Crippen LogP contribution in [0.4, 0.5) is 0 Å². The summed E-state index contributed by atoms with van der Waals surface area (Å²) in [4.78, 5) is 0. The Hall–Kier alpha value is -0.940. The van der Waals surface area contributed by atoms with E-state index in [2.05, 4.69) is 36.5 Å². The molecule has 1 unspecified atom stereocenters. The van der Waals surface area contributed by atoms with Crippen molar-refractivity contribution in [2.24, 2.45) is 0 Å². The molecule has 1 aromatic rings. The Kier molecular flexibility index (Phi) is 10.1. The number of nitrogens with one attached hydrogen (secondary N) is 1. The normalized spacial score (nSPS) is 12.5. The number of rotatable bonds is 12. The first-order valence-corrected chi connectivity index (χ1v) is 7.63. The molecule has 1 atom stereocenters. The van der Waals surface area contributed by atoms with Crippen molar-refractivity contribution in [3.63, 3.8) is 0 Å². The first-order chi connectivity index (χ1) is 10.3. The maximum atomic E-state index is 5.64. The van der Waals surface area contributed by atoms with Crippen LogP contribution in [-0.2, 0) is 14.2 Å². The van der Waals surface area contributed by atoms with Gasteiger partial charge in [-0.05, 0) is 31.9 Å². The lowest BCUT2D eigenvalue weighted by atomic mass is 9.95. The van der Waals surface area contributed by atoms with Gasteiger partial charge in [-0.15, -0.1) is 0 Å². The van der Waals surface area contributed by atoms with Gasteiger partial charge in [-0.25, -0.2) is 0 Å². The largest absolute Gasteiger partial charge is 0.382 e. The third-order valence-corrected chi connectivity index (χ3v) is 3.41. The van der Waals surface area contributed by atoms with E-state index in [4.69, 9.17) is 14.2 Å². The molecule has 0 heterocycles. The summed E-state index contributed by atoms with van der Waals surface area (Å²) in [6.07, 6.45) is 1.02. The van der Waals surface area contributed by atoms with Gasteiger partial charge in [0.1, 0.15) is 0 Å². The van der Waals surface area contributed by atoms with Crippen molar-refractivity contribution < 1.29 is 14.2 Å². The summed E-state index contributed by atoms with van der Waals surface area (Å²) < 4.78 is 15.9. The molecule has 1 aromatic carbocycles. The summed E-state index contributed by atoms with van der Waals surface area (Å²) in [7, 11) is 3.67. The zero-order valence-electron chi connectivity index (χ0n) is 13.6. The molecule has 0 radical (unpaired) electrons. The Morgan fingerprint density at radius 3 is 2.19 bits per heavy atom. The lowest BCUT2D eigenvalue weighted by Gasteiger charge is -2.17. The summed E-state index contributed by atoms with van der Waals surface area (Å²) in [5.74, 6) is 0.491. The molecule has 0 fully saturated rings. The molecular formula is C17H29NO3. The van der Waals surface area contributed by atoms with Crippen LogP contribution in [0.2, 0.25) is 0 Å². The van der Waals surface area contributed by atoms with E-state index < -0.39 is 0 Å². The molecule has 0 saturated heterocycles. The second kappa shape index (κ2) is 11.7. The lowest BCUT2D eigenvalue weighted by Crippen LogP contribution is -2.19. The first-order valence-electron chi connectivity index (χ1n) is 7.63. The van der Waals surface area contributed by atoms with Crippen LogP contribution >= 0.6 is 0 Å². The van der Waals surface area contributed by atoms with Crippen LogP contribution in [0, 0.1) is 6.92 Å². The maximum Gasteiger partial charge on any atom is 0.0701 e. The molecule has 0 aliphatic rings. The van der Waals surface area contributed by atoms with Crippen molar-refractivity contribution in [1.29, 1.82) is 0 Å². The standard InChI is InChI=1S/C17H29NO3/c1-15-4-6-16(7-5-15)17(14-18-2)8-9-20-12-13-21-11-10-19-3/h4-7,17-18H,8-14H2,1-3H3. The molecule has 0 bridgehead atoms. The number of likely N-dealkylation sites (N-methyl/N-ethyl adjacent to an activating group) is 1. The minimum Gasteiger partial charge on any atom is -0.382 e. The maximum absolute atomic E-state index is 5.64. The molecule has 0 saturated carbocycles. The highest BCUT2D eigenvalue weighted by Gasteiger charge is 2.10. The molecule has 21 heavy (non-hydrogen) atoms. The van der Waals surface area contributed by atoms with E-state index in [-0.39, 0.29) is 0 Å². The van der Waals surface area contributed by atoms with E-state index in [0.717, 1.165) is 19.6 Å². The van der Waals surface area contributed by atoms with Gasteiger partial charge in [0.15, 0.2) is 0 Å². The third-order valence-electron chi connectivity index (χ3n) is 3.41. The Balaban J connectivity index is 2.21. The Labute approximate surface area is 128 Å². The average Bonchev–Trinajstić information content (AvgIpc) is 2.50. The fourth-order valence-electron chi connectivity index (χ4n) is 2.16. The van der Waals surface area contributed by atoms with Crippen LogP contribution in [0.25, 0.3) is 0 Å². The van der Waals surface area contributed by atoms with Gasteiger partial charge < -0.3 is 19.5 Å².